The Kier molecular flexibility index (Phi) is 5.88. The lowest BCUT2D eigenvalue weighted by molar-refractivity contribution is -0.124. The number of anilines is 2. The minimum atomic E-state index is -0.395. The highest BCUT2D eigenvalue weighted by atomic mass is 16.5. The Morgan fingerprint density at radius 3 is 2.74 bits per heavy atom. The third-order valence-corrected chi connectivity index (χ3v) is 7.17. The van der Waals surface area contributed by atoms with Gasteiger partial charge < -0.3 is 14.5 Å². The van der Waals surface area contributed by atoms with Crippen LogP contribution in [0.4, 0.5) is 11.4 Å². The summed E-state index contributed by atoms with van der Waals surface area (Å²) in [7, 11) is 0. The predicted octanol–water partition coefficient (Wildman–Crippen LogP) is 3.07. The molecule has 3 aliphatic heterocycles. The van der Waals surface area contributed by atoms with Crippen LogP contribution in [-0.2, 0) is 26.3 Å². The van der Waals surface area contributed by atoms with E-state index in [1.165, 1.54) is 11.1 Å². The fourth-order valence-electron chi connectivity index (χ4n) is 5.33. The second-order valence-electron chi connectivity index (χ2n) is 10.1. The maximum atomic E-state index is 13.6. The molecule has 2 aromatic rings. The predicted molar refractivity (Wildman–Crippen MR) is 130 cm³/mol. The Morgan fingerprint density at radius 1 is 1.18 bits per heavy atom. The molecule has 2 amide bonds. The minimum Gasteiger partial charge on any atom is -0.379 e. The van der Waals surface area contributed by atoms with Gasteiger partial charge in [0.1, 0.15) is 0 Å². The summed E-state index contributed by atoms with van der Waals surface area (Å²) in [6.07, 6.45) is 0.191. The molecule has 0 saturated carbocycles. The number of carbonyl (C=O) groups excluding carboxylic acids is 2. The largest absolute Gasteiger partial charge is 0.379 e. The van der Waals surface area contributed by atoms with E-state index < -0.39 is 5.92 Å². The molecule has 0 aliphatic carbocycles. The van der Waals surface area contributed by atoms with Crippen LogP contribution in [0, 0.1) is 17.2 Å². The van der Waals surface area contributed by atoms with E-state index in [0.29, 0.717) is 24.3 Å². The van der Waals surface area contributed by atoms with Gasteiger partial charge in [-0.15, -0.1) is 0 Å². The molecule has 3 aliphatic rings. The molecule has 34 heavy (non-hydrogen) atoms. The van der Waals surface area contributed by atoms with Crippen molar-refractivity contribution in [1.29, 1.82) is 5.26 Å². The first-order chi connectivity index (χ1) is 16.4. The Bertz CT molecular complexity index is 1160. The standard InChI is InChI=1S/C27H30N4O3/c1-27(2)18-31(24-7-6-20(13-23(24)27)16-29-8-10-34-11-9-29)26(33)21-14-25(32)30(17-21)22-5-3-4-19(12-22)15-28/h3-7,12-13,21H,8-11,14,16-18H2,1-2H3/t21-/m0/s1. The minimum absolute atomic E-state index is 0.0000389. The quantitative estimate of drug-likeness (QED) is 0.704. The summed E-state index contributed by atoms with van der Waals surface area (Å²) in [4.78, 5) is 32.3. The number of amides is 2. The Labute approximate surface area is 200 Å². The number of carbonyl (C=O) groups is 2. The van der Waals surface area contributed by atoms with Crippen molar-refractivity contribution < 1.29 is 14.3 Å². The Morgan fingerprint density at radius 2 is 1.97 bits per heavy atom. The van der Waals surface area contributed by atoms with E-state index in [2.05, 4.69) is 43.0 Å². The van der Waals surface area contributed by atoms with Crippen LogP contribution < -0.4 is 9.80 Å². The van der Waals surface area contributed by atoms with Crippen molar-refractivity contribution in [3.05, 3.63) is 59.2 Å². The molecular weight excluding hydrogens is 428 g/mol. The van der Waals surface area contributed by atoms with Crippen LogP contribution in [0.25, 0.3) is 0 Å². The summed E-state index contributed by atoms with van der Waals surface area (Å²) >= 11 is 0. The number of fused-ring (bicyclic) bond motifs is 1. The first-order valence-electron chi connectivity index (χ1n) is 11.9. The van der Waals surface area contributed by atoms with Crippen LogP contribution in [0.2, 0.25) is 0 Å². The van der Waals surface area contributed by atoms with Gasteiger partial charge in [0.25, 0.3) is 0 Å². The van der Waals surface area contributed by atoms with Gasteiger partial charge in [-0.1, -0.05) is 32.0 Å². The molecule has 0 aromatic heterocycles. The maximum Gasteiger partial charge on any atom is 0.232 e. The third-order valence-electron chi connectivity index (χ3n) is 7.17. The second kappa shape index (κ2) is 8.86. The van der Waals surface area contributed by atoms with Gasteiger partial charge in [0, 0.05) is 55.9 Å². The van der Waals surface area contributed by atoms with Crippen LogP contribution in [0.5, 0.6) is 0 Å². The summed E-state index contributed by atoms with van der Waals surface area (Å²) in [6.45, 7) is 9.61. The third kappa shape index (κ3) is 4.20. The SMILES string of the molecule is CC1(C)CN(C(=O)[C@H]2CC(=O)N(c3cccc(C#N)c3)C2)c2ccc(CN3CCOCC3)cc21. The Hall–Kier alpha value is -3.21. The van der Waals surface area contributed by atoms with E-state index in [4.69, 9.17) is 4.74 Å². The molecule has 2 aromatic carbocycles. The van der Waals surface area contributed by atoms with E-state index >= 15 is 0 Å². The lowest BCUT2D eigenvalue weighted by Gasteiger charge is -2.27. The first kappa shape index (κ1) is 22.6. The molecule has 2 fully saturated rings. The molecule has 0 unspecified atom stereocenters. The number of rotatable bonds is 4. The van der Waals surface area contributed by atoms with Gasteiger partial charge in [0.05, 0.1) is 30.8 Å². The fourth-order valence-corrected chi connectivity index (χ4v) is 5.33. The van der Waals surface area contributed by atoms with E-state index in [0.717, 1.165) is 38.5 Å². The smallest absolute Gasteiger partial charge is 0.232 e. The van der Waals surface area contributed by atoms with Crippen molar-refractivity contribution in [3.8, 4) is 6.07 Å². The Balaban J connectivity index is 1.34. The van der Waals surface area contributed by atoms with Gasteiger partial charge in [0.2, 0.25) is 11.8 Å². The number of hydrogen-bond donors (Lipinski definition) is 0. The highest BCUT2D eigenvalue weighted by Crippen LogP contribution is 2.42. The zero-order valence-corrected chi connectivity index (χ0v) is 19.8. The number of hydrogen-bond acceptors (Lipinski definition) is 5. The maximum absolute atomic E-state index is 13.6. The van der Waals surface area contributed by atoms with E-state index in [1.54, 1.807) is 23.1 Å². The van der Waals surface area contributed by atoms with Crippen molar-refractivity contribution in [1.82, 2.24) is 4.90 Å². The summed E-state index contributed by atoms with van der Waals surface area (Å²) in [6, 6.07) is 15.6. The summed E-state index contributed by atoms with van der Waals surface area (Å²) < 4.78 is 5.46. The normalized spacial score (nSPS) is 22.0. The fraction of sp³-hybridized carbons (Fsp3) is 0.444. The van der Waals surface area contributed by atoms with Gasteiger partial charge >= 0.3 is 0 Å². The van der Waals surface area contributed by atoms with Crippen LogP contribution in [-0.4, -0.2) is 56.1 Å². The average molecular weight is 459 g/mol. The van der Waals surface area contributed by atoms with Crippen LogP contribution in [0.1, 0.15) is 37.0 Å². The van der Waals surface area contributed by atoms with Crippen LogP contribution in [0.15, 0.2) is 42.5 Å². The molecule has 3 heterocycles. The van der Waals surface area contributed by atoms with Gasteiger partial charge in [-0.05, 0) is 35.4 Å². The number of ether oxygens (including phenoxy) is 1. The summed E-state index contributed by atoms with van der Waals surface area (Å²) in [5.74, 6) is -0.471. The van der Waals surface area contributed by atoms with Crippen molar-refractivity contribution in [2.24, 2.45) is 5.92 Å². The van der Waals surface area contributed by atoms with Crippen LogP contribution in [0.3, 0.4) is 0 Å². The molecule has 7 heteroatoms. The van der Waals surface area contributed by atoms with Crippen LogP contribution >= 0.6 is 0 Å². The topological polar surface area (TPSA) is 76.9 Å². The second-order valence-corrected chi connectivity index (χ2v) is 10.1. The zero-order chi connectivity index (χ0) is 23.9. The van der Waals surface area contributed by atoms with E-state index in [1.807, 2.05) is 11.0 Å². The zero-order valence-electron chi connectivity index (χ0n) is 19.8. The van der Waals surface area contributed by atoms with Gasteiger partial charge in [0.15, 0.2) is 0 Å². The summed E-state index contributed by atoms with van der Waals surface area (Å²) in [5, 5.41) is 9.19. The van der Waals surface area contributed by atoms with Crippen molar-refractivity contribution in [2.45, 2.75) is 32.2 Å². The molecule has 0 N–H and O–H groups in total. The number of nitriles is 1. The molecule has 0 spiro atoms. The molecular formula is C27H30N4O3. The van der Waals surface area contributed by atoms with Gasteiger partial charge in [-0.25, -0.2) is 0 Å². The van der Waals surface area contributed by atoms with E-state index in [9.17, 15) is 14.9 Å². The number of nitrogens with zero attached hydrogens (tertiary/aromatic N) is 4. The molecule has 0 bridgehead atoms. The summed E-state index contributed by atoms with van der Waals surface area (Å²) in [5.41, 5.74) is 4.42. The van der Waals surface area contributed by atoms with Gasteiger partial charge in [-0.2, -0.15) is 5.26 Å². The highest BCUT2D eigenvalue weighted by Gasteiger charge is 2.43. The number of benzene rings is 2. The first-order valence-corrected chi connectivity index (χ1v) is 11.9. The lowest BCUT2D eigenvalue weighted by Crippen LogP contribution is -2.39. The molecule has 176 valence electrons. The van der Waals surface area contributed by atoms with E-state index in [-0.39, 0.29) is 23.7 Å². The molecule has 7 nitrogen and oxygen atoms in total. The molecule has 2 saturated heterocycles. The lowest BCUT2D eigenvalue weighted by atomic mass is 9.86. The molecule has 5 rings (SSSR count). The van der Waals surface area contributed by atoms with Crippen molar-refractivity contribution >= 4 is 23.2 Å². The molecule has 1 atom stereocenters. The highest BCUT2D eigenvalue weighted by molar-refractivity contribution is 6.05. The number of morpholine rings is 1. The van der Waals surface area contributed by atoms with Gasteiger partial charge in [-0.3, -0.25) is 14.5 Å². The average Bonchev–Trinajstić information content (AvgIpc) is 3.36. The molecule has 0 radical (unpaired) electrons. The van der Waals surface area contributed by atoms with Crippen molar-refractivity contribution in [3.63, 3.8) is 0 Å². The monoisotopic (exact) mass is 458 g/mol. The van der Waals surface area contributed by atoms with Crippen molar-refractivity contribution in [2.75, 3.05) is 49.2 Å².